The molecule has 0 aromatic heterocycles. The summed E-state index contributed by atoms with van der Waals surface area (Å²) in [6, 6.07) is 9.39. The van der Waals surface area contributed by atoms with Crippen molar-refractivity contribution in [3.05, 3.63) is 35.9 Å². The van der Waals surface area contributed by atoms with Gasteiger partial charge in [0.1, 0.15) is 6.54 Å². The number of nitrogens with one attached hydrogen (secondary N) is 1. The first-order valence-corrected chi connectivity index (χ1v) is 8.03. The summed E-state index contributed by atoms with van der Waals surface area (Å²) in [6.45, 7) is -1.46. The summed E-state index contributed by atoms with van der Waals surface area (Å²) >= 11 is 0. The SMILES string of the molecule is O=C(N[C@H](c1ccccc1)C1CC1)[C@@H]1CC(=O)N(CC(F)(F)F)C1. The first-order chi connectivity index (χ1) is 11.3. The molecule has 7 heteroatoms. The monoisotopic (exact) mass is 340 g/mol. The maximum atomic E-state index is 12.5. The van der Waals surface area contributed by atoms with Crippen LogP contribution in [-0.2, 0) is 9.59 Å². The minimum atomic E-state index is -4.44. The number of amides is 2. The second-order valence-electron chi connectivity index (χ2n) is 6.52. The Kier molecular flexibility index (Phi) is 4.51. The lowest BCUT2D eigenvalue weighted by Crippen LogP contribution is -2.38. The van der Waals surface area contributed by atoms with E-state index in [-0.39, 0.29) is 24.9 Å². The molecular formula is C17H19F3N2O2. The summed E-state index contributed by atoms with van der Waals surface area (Å²) in [5, 5.41) is 2.94. The Hall–Kier alpha value is -2.05. The van der Waals surface area contributed by atoms with Crippen LogP contribution in [0.25, 0.3) is 0 Å². The Morgan fingerprint density at radius 3 is 2.50 bits per heavy atom. The molecule has 2 amide bonds. The molecule has 0 spiro atoms. The molecule has 0 radical (unpaired) electrons. The van der Waals surface area contributed by atoms with Crippen molar-refractivity contribution in [2.75, 3.05) is 13.1 Å². The highest BCUT2D eigenvalue weighted by atomic mass is 19.4. The smallest absolute Gasteiger partial charge is 0.349 e. The molecule has 1 N–H and O–H groups in total. The number of carbonyl (C=O) groups excluding carboxylic acids is 2. The Bertz CT molecular complexity index is 614. The first kappa shape index (κ1) is 16.8. The predicted octanol–water partition coefficient (Wildman–Crippen LogP) is 2.66. The number of carbonyl (C=O) groups is 2. The molecule has 1 heterocycles. The molecule has 1 aromatic rings. The average molecular weight is 340 g/mol. The molecule has 1 aromatic carbocycles. The fourth-order valence-electron chi connectivity index (χ4n) is 3.15. The number of hydrogen-bond acceptors (Lipinski definition) is 2. The summed E-state index contributed by atoms with van der Waals surface area (Å²) in [6.07, 6.45) is -2.57. The lowest BCUT2D eigenvalue weighted by molar-refractivity contribution is -0.157. The maximum absolute atomic E-state index is 12.5. The van der Waals surface area contributed by atoms with E-state index in [2.05, 4.69) is 5.32 Å². The topological polar surface area (TPSA) is 49.4 Å². The van der Waals surface area contributed by atoms with Crippen LogP contribution >= 0.6 is 0 Å². The van der Waals surface area contributed by atoms with E-state index >= 15 is 0 Å². The molecular weight excluding hydrogens is 321 g/mol. The van der Waals surface area contributed by atoms with Crippen molar-refractivity contribution in [2.24, 2.45) is 11.8 Å². The number of halogens is 3. The van der Waals surface area contributed by atoms with Gasteiger partial charge in [-0.3, -0.25) is 9.59 Å². The fourth-order valence-corrected chi connectivity index (χ4v) is 3.15. The standard InChI is InChI=1S/C17H19F3N2O2/c18-17(19,20)10-22-9-13(8-14(22)23)16(24)21-15(12-6-7-12)11-4-2-1-3-5-11/h1-5,12-13,15H,6-10H2,(H,21,24)/t13-,15-/m1/s1. The Morgan fingerprint density at radius 2 is 1.92 bits per heavy atom. The van der Waals surface area contributed by atoms with E-state index in [1.54, 1.807) is 0 Å². The quantitative estimate of drug-likeness (QED) is 0.896. The lowest BCUT2D eigenvalue weighted by atomic mass is 10.0. The van der Waals surface area contributed by atoms with Crippen LogP contribution in [0.5, 0.6) is 0 Å². The van der Waals surface area contributed by atoms with Crippen LogP contribution in [0.4, 0.5) is 13.2 Å². The van der Waals surface area contributed by atoms with Crippen LogP contribution in [0.1, 0.15) is 30.9 Å². The maximum Gasteiger partial charge on any atom is 0.406 e. The normalized spacial score (nSPS) is 22.5. The number of benzene rings is 1. The van der Waals surface area contributed by atoms with E-state index in [4.69, 9.17) is 0 Å². The van der Waals surface area contributed by atoms with Gasteiger partial charge in [-0.25, -0.2) is 0 Å². The van der Waals surface area contributed by atoms with Crippen molar-refractivity contribution in [2.45, 2.75) is 31.5 Å². The van der Waals surface area contributed by atoms with Gasteiger partial charge < -0.3 is 10.2 Å². The van der Waals surface area contributed by atoms with Gasteiger partial charge in [0.2, 0.25) is 11.8 Å². The van der Waals surface area contributed by atoms with Crippen molar-refractivity contribution in [1.82, 2.24) is 10.2 Å². The summed E-state index contributed by atoms with van der Waals surface area (Å²) in [5.74, 6) is -1.31. The van der Waals surface area contributed by atoms with E-state index in [1.165, 1.54) is 0 Å². The molecule has 3 rings (SSSR count). The number of rotatable bonds is 5. The van der Waals surface area contributed by atoms with Gasteiger partial charge in [0.15, 0.2) is 0 Å². The molecule has 1 saturated heterocycles. The van der Waals surface area contributed by atoms with Gasteiger partial charge in [-0.15, -0.1) is 0 Å². The highest BCUT2D eigenvalue weighted by molar-refractivity contribution is 5.89. The zero-order valence-corrected chi connectivity index (χ0v) is 13.1. The minimum absolute atomic E-state index is 0.134. The molecule has 2 aliphatic rings. The van der Waals surface area contributed by atoms with E-state index in [9.17, 15) is 22.8 Å². The second-order valence-corrected chi connectivity index (χ2v) is 6.52. The number of hydrogen-bond donors (Lipinski definition) is 1. The fraction of sp³-hybridized carbons (Fsp3) is 0.529. The van der Waals surface area contributed by atoms with Crippen LogP contribution in [0, 0.1) is 11.8 Å². The molecule has 0 unspecified atom stereocenters. The Balaban J connectivity index is 1.63. The van der Waals surface area contributed by atoms with E-state index in [0.29, 0.717) is 5.92 Å². The van der Waals surface area contributed by atoms with Crippen LogP contribution in [0.3, 0.4) is 0 Å². The third-order valence-corrected chi connectivity index (χ3v) is 4.51. The largest absolute Gasteiger partial charge is 0.406 e. The predicted molar refractivity (Wildman–Crippen MR) is 80.8 cm³/mol. The van der Waals surface area contributed by atoms with Crippen LogP contribution in [-0.4, -0.2) is 36.0 Å². The zero-order chi connectivity index (χ0) is 17.3. The van der Waals surface area contributed by atoms with Crippen LogP contribution in [0.15, 0.2) is 30.3 Å². The van der Waals surface area contributed by atoms with Gasteiger partial charge in [0.05, 0.1) is 12.0 Å². The lowest BCUT2D eigenvalue weighted by Gasteiger charge is -2.22. The van der Waals surface area contributed by atoms with Gasteiger partial charge in [0, 0.05) is 13.0 Å². The van der Waals surface area contributed by atoms with Crippen molar-refractivity contribution in [3.63, 3.8) is 0 Å². The van der Waals surface area contributed by atoms with E-state index in [0.717, 1.165) is 23.3 Å². The summed E-state index contributed by atoms with van der Waals surface area (Å²) in [5.41, 5.74) is 0.991. The second kappa shape index (κ2) is 6.45. The molecule has 2 fully saturated rings. The van der Waals surface area contributed by atoms with Crippen LogP contribution < -0.4 is 5.32 Å². The molecule has 0 bridgehead atoms. The zero-order valence-electron chi connectivity index (χ0n) is 13.1. The number of likely N-dealkylation sites (tertiary alicyclic amines) is 1. The molecule has 130 valence electrons. The van der Waals surface area contributed by atoms with Crippen molar-refractivity contribution >= 4 is 11.8 Å². The highest BCUT2D eigenvalue weighted by Gasteiger charge is 2.42. The highest BCUT2D eigenvalue weighted by Crippen LogP contribution is 2.41. The first-order valence-electron chi connectivity index (χ1n) is 8.03. The number of nitrogens with zero attached hydrogens (tertiary/aromatic N) is 1. The summed E-state index contributed by atoms with van der Waals surface area (Å²) < 4.78 is 37.4. The third-order valence-electron chi connectivity index (χ3n) is 4.51. The molecule has 1 saturated carbocycles. The molecule has 4 nitrogen and oxygen atoms in total. The van der Waals surface area contributed by atoms with Gasteiger partial charge in [-0.2, -0.15) is 13.2 Å². The molecule has 2 atom stereocenters. The third kappa shape index (κ3) is 4.07. The van der Waals surface area contributed by atoms with Gasteiger partial charge >= 0.3 is 6.18 Å². The van der Waals surface area contributed by atoms with Gasteiger partial charge in [0.25, 0.3) is 0 Å². The Labute approximate surface area is 138 Å². The van der Waals surface area contributed by atoms with E-state index in [1.807, 2.05) is 30.3 Å². The molecule has 1 aliphatic heterocycles. The van der Waals surface area contributed by atoms with Crippen molar-refractivity contribution in [1.29, 1.82) is 0 Å². The van der Waals surface area contributed by atoms with Crippen LogP contribution in [0.2, 0.25) is 0 Å². The Morgan fingerprint density at radius 1 is 1.25 bits per heavy atom. The van der Waals surface area contributed by atoms with Gasteiger partial charge in [-0.1, -0.05) is 30.3 Å². The average Bonchev–Trinajstić information content (AvgIpc) is 3.29. The van der Waals surface area contributed by atoms with Gasteiger partial charge in [-0.05, 0) is 24.3 Å². The molecule has 1 aliphatic carbocycles. The summed E-state index contributed by atoms with van der Waals surface area (Å²) in [7, 11) is 0. The minimum Gasteiger partial charge on any atom is -0.349 e. The van der Waals surface area contributed by atoms with Crippen molar-refractivity contribution in [3.8, 4) is 0 Å². The van der Waals surface area contributed by atoms with E-state index < -0.39 is 24.5 Å². The van der Waals surface area contributed by atoms with Crippen molar-refractivity contribution < 1.29 is 22.8 Å². The molecule has 24 heavy (non-hydrogen) atoms. The number of alkyl halides is 3. The summed E-state index contributed by atoms with van der Waals surface area (Å²) in [4.78, 5) is 24.9.